The van der Waals surface area contributed by atoms with Gasteiger partial charge < -0.3 is 10.1 Å². The van der Waals surface area contributed by atoms with Crippen molar-refractivity contribution in [3.63, 3.8) is 0 Å². The SMILES string of the molecule is CC(OC(=O)c1cncc(Br)c1)C(=O)Nc1ncc(Cl)cc1Cl. The Kier molecular flexibility index (Phi) is 5.92. The topological polar surface area (TPSA) is 81.2 Å². The molecule has 1 atom stereocenters. The van der Waals surface area contributed by atoms with E-state index in [-0.39, 0.29) is 16.4 Å². The largest absolute Gasteiger partial charge is 0.449 e. The van der Waals surface area contributed by atoms with Crippen LogP contribution in [0.4, 0.5) is 5.82 Å². The van der Waals surface area contributed by atoms with Gasteiger partial charge in [0.2, 0.25) is 0 Å². The van der Waals surface area contributed by atoms with E-state index >= 15 is 0 Å². The Morgan fingerprint density at radius 2 is 2.00 bits per heavy atom. The fraction of sp³-hybridized carbons (Fsp3) is 0.143. The van der Waals surface area contributed by atoms with Gasteiger partial charge >= 0.3 is 5.97 Å². The van der Waals surface area contributed by atoms with Crippen LogP contribution in [0.5, 0.6) is 0 Å². The number of rotatable bonds is 4. The van der Waals surface area contributed by atoms with Gasteiger partial charge in [0.25, 0.3) is 5.91 Å². The van der Waals surface area contributed by atoms with Crippen molar-refractivity contribution < 1.29 is 14.3 Å². The molecule has 120 valence electrons. The summed E-state index contributed by atoms with van der Waals surface area (Å²) in [7, 11) is 0. The number of halogens is 3. The van der Waals surface area contributed by atoms with Crippen LogP contribution in [0.3, 0.4) is 0 Å². The lowest BCUT2D eigenvalue weighted by Crippen LogP contribution is -2.30. The second kappa shape index (κ2) is 7.72. The molecule has 0 saturated carbocycles. The molecule has 2 aromatic heterocycles. The summed E-state index contributed by atoms with van der Waals surface area (Å²) >= 11 is 14.8. The standard InChI is InChI=1S/C14H10BrCl2N3O3/c1-7(23-14(22)8-2-9(15)5-18-4-8)13(21)20-12-11(17)3-10(16)6-19-12/h2-7H,1H3,(H,19,20,21). The number of anilines is 1. The van der Waals surface area contributed by atoms with Crippen LogP contribution in [0.15, 0.2) is 35.2 Å². The van der Waals surface area contributed by atoms with E-state index in [9.17, 15) is 9.59 Å². The Balaban J connectivity index is 2.01. The lowest BCUT2D eigenvalue weighted by Gasteiger charge is -2.13. The molecule has 2 aromatic rings. The quantitative estimate of drug-likeness (QED) is 0.765. The molecule has 0 aliphatic heterocycles. The molecule has 6 nitrogen and oxygen atoms in total. The second-order valence-corrected chi connectivity index (χ2v) is 6.17. The van der Waals surface area contributed by atoms with Crippen LogP contribution in [0, 0.1) is 0 Å². The smallest absolute Gasteiger partial charge is 0.340 e. The number of pyridine rings is 2. The summed E-state index contributed by atoms with van der Waals surface area (Å²) in [5.74, 6) is -1.11. The van der Waals surface area contributed by atoms with E-state index in [0.717, 1.165) is 0 Å². The van der Waals surface area contributed by atoms with E-state index in [1.807, 2.05) is 0 Å². The van der Waals surface area contributed by atoms with Crippen LogP contribution < -0.4 is 5.32 Å². The molecule has 0 fully saturated rings. The highest BCUT2D eigenvalue weighted by molar-refractivity contribution is 9.10. The molecule has 1 N–H and O–H groups in total. The number of aromatic nitrogens is 2. The van der Waals surface area contributed by atoms with E-state index in [0.29, 0.717) is 9.50 Å². The maximum Gasteiger partial charge on any atom is 0.340 e. The van der Waals surface area contributed by atoms with Gasteiger partial charge in [-0.1, -0.05) is 23.2 Å². The first-order valence-electron chi connectivity index (χ1n) is 6.30. The van der Waals surface area contributed by atoms with E-state index in [1.54, 1.807) is 0 Å². The minimum absolute atomic E-state index is 0.132. The number of nitrogens with one attached hydrogen (secondary N) is 1. The van der Waals surface area contributed by atoms with Crippen molar-refractivity contribution in [2.24, 2.45) is 0 Å². The van der Waals surface area contributed by atoms with Crippen LogP contribution in [0.1, 0.15) is 17.3 Å². The highest BCUT2D eigenvalue weighted by Crippen LogP contribution is 2.22. The van der Waals surface area contributed by atoms with Gasteiger partial charge in [0.15, 0.2) is 11.9 Å². The highest BCUT2D eigenvalue weighted by Gasteiger charge is 2.20. The first-order chi connectivity index (χ1) is 10.9. The summed E-state index contributed by atoms with van der Waals surface area (Å²) in [6.45, 7) is 1.43. The normalized spacial score (nSPS) is 11.7. The fourth-order valence-corrected chi connectivity index (χ4v) is 2.32. The summed E-state index contributed by atoms with van der Waals surface area (Å²) < 4.78 is 5.71. The predicted octanol–water partition coefficient (Wildman–Crippen LogP) is 3.73. The number of carbonyl (C=O) groups excluding carboxylic acids is 2. The van der Waals surface area contributed by atoms with Gasteiger partial charge in [0.05, 0.1) is 15.6 Å². The van der Waals surface area contributed by atoms with E-state index in [2.05, 4.69) is 31.2 Å². The number of nitrogens with zero attached hydrogens (tertiary/aromatic N) is 2. The second-order valence-electron chi connectivity index (χ2n) is 4.41. The van der Waals surface area contributed by atoms with Crippen LogP contribution in [0.25, 0.3) is 0 Å². The molecule has 1 amide bonds. The molecule has 2 heterocycles. The maximum atomic E-state index is 12.0. The van der Waals surface area contributed by atoms with Gasteiger partial charge in [0.1, 0.15) is 0 Å². The maximum absolute atomic E-state index is 12.0. The minimum atomic E-state index is -1.05. The molecule has 0 radical (unpaired) electrons. The summed E-state index contributed by atoms with van der Waals surface area (Å²) in [4.78, 5) is 31.7. The summed E-state index contributed by atoms with van der Waals surface area (Å²) in [6.07, 6.45) is 3.17. The van der Waals surface area contributed by atoms with Crippen molar-refractivity contribution in [1.29, 1.82) is 0 Å². The molecule has 0 saturated heterocycles. The van der Waals surface area contributed by atoms with Crippen molar-refractivity contribution >= 4 is 56.8 Å². The van der Waals surface area contributed by atoms with Crippen molar-refractivity contribution in [2.45, 2.75) is 13.0 Å². The van der Waals surface area contributed by atoms with Crippen LogP contribution in [-0.2, 0) is 9.53 Å². The zero-order chi connectivity index (χ0) is 17.0. The first-order valence-corrected chi connectivity index (χ1v) is 7.85. The van der Waals surface area contributed by atoms with Gasteiger partial charge in [-0.2, -0.15) is 0 Å². The molecule has 0 aliphatic carbocycles. The Bertz CT molecular complexity index is 758. The molecule has 23 heavy (non-hydrogen) atoms. The number of carbonyl (C=O) groups is 2. The average Bonchev–Trinajstić information content (AvgIpc) is 2.49. The van der Waals surface area contributed by atoms with Crippen LogP contribution in [0.2, 0.25) is 10.0 Å². The van der Waals surface area contributed by atoms with Crippen LogP contribution >= 0.6 is 39.1 Å². The van der Waals surface area contributed by atoms with Gasteiger partial charge in [-0.25, -0.2) is 9.78 Å². The fourth-order valence-electron chi connectivity index (χ4n) is 1.53. The predicted molar refractivity (Wildman–Crippen MR) is 89.7 cm³/mol. The number of amides is 1. The Morgan fingerprint density at radius 1 is 1.26 bits per heavy atom. The lowest BCUT2D eigenvalue weighted by atomic mass is 10.3. The van der Waals surface area contributed by atoms with Crippen molar-refractivity contribution in [3.8, 4) is 0 Å². The van der Waals surface area contributed by atoms with Crippen molar-refractivity contribution in [2.75, 3.05) is 5.32 Å². The molecular formula is C14H10BrCl2N3O3. The molecule has 0 bridgehead atoms. The Morgan fingerprint density at radius 3 is 2.65 bits per heavy atom. The van der Waals surface area contributed by atoms with Gasteiger partial charge in [-0.3, -0.25) is 9.78 Å². The molecule has 0 spiro atoms. The zero-order valence-corrected chi connectivity index (χ0v) is 14.8. The summed E-state index contributed by atoms with van der Waals surface area (Å²) in [6, 6.07) is 2.98. The third-order valence-electron chi connectivity index (χ3n) is 2.64. The average molecular weight is 419 g/mol. The Labute approximate surface area is 150 Å². The third kappa shape index (κ3) is 4.89. The Hall–Kier alpha value is -1.70. The van der Waals surface area contributed by atoms with E-state index in [1.165, 1.54) is 37.6 Å². The van der Waals surface area contributed by atoms with Gasteiger partial charge in [-0.15, -0.1) is 0 Å². The monoisotopic (exact) mass is 417 g/mol. The van der Waals surface area contributed by atoms with E-state index in [4.69, 9.17) is 27.9 Å². The number of hydrogen-bond donors (Lipinski definition) is 1. The molecule has 0 aliphatic rings. The molecule has 9 heteroatoms. The molecule has 0 aromatic carbocycles. The molecule has 1 unspecified atom stereocenters. The third-order valence-corrected chi connectivity index (χ3v) is 3.57. The van der Waals surface area contributed by atoms with Crippen LogP contribution in [-0.4, -0.2) is 27.9 Å². The number of ether oxygens (including phenoxy) is 1. The van der Waals surface area contributed by atoms with Gasteiger partial charge in [0, 0.05) is 23.1 Å². The minimum Gasteiger partial charge on any atom is -0.449 e. The van der Waals surface area contributed by atoms with E-state index < -0.39 is 18.0 Å². The zero-order valence-electron chi connectivity index (χ0n) is 11.7. The lowest BCUT2D eigenvalue weighted by molar-refractivity contribution is -0.123. The first kappa shape index (κ1) is 17.7. The molecular weight excluding hydrogens is 409 g/mol. The number of esters is 1. The van der Waals surface area contributed by atoms with Crippen molar-refractivity contribution in [1.82, 2.24) is 9.97 Å². The highest BCUT2D eigenvalue weighted by atomic mass is 79.9. The van der Waals surface area contributed by atoms with Gasteiger partial charge in [-0.05, 0) is 35.0 Å². The number of hydrogen-bond acceptors (Lipinski definition) is 5. The molecule has 2 rings (SSSR count). The summed E-state index contributed by atoms with van der Waals surface area (Å²) in [5, 5.41) is 2.99. The summed E-state index contributed by atoms with van der Waals surface area (Å²) in [5.41, 5.74) is 0.224. The van der Waals surface area contributed by atoms with Crippen molar-refractivity contribution in [3.05, 3.63) is 50.8 Å².